The van der Waals surface area contributed by atoms with Crippen LogP contribution >= 0.6 is 0 Å². The van der Waals surface area contributed by atoms with E-state index in [1.807, 2.05) is 12.1 Å². The van der Waals surface area contributed by atoms with Gasteiger partial charge in [0.1, 0.15) is 0 Å². The molecule has 5 heteroatoms. The van der Waals surface area contributed by atoms with Crippen molar-refractivity contribution in [2.24, 2.45) is 0 Å². The fraction of sp³-hybridized carbons (Fsp3) is 0.176. The Morgan fingerprint density at radius 1 is 0.872 bits per heavy atom. The van der Waals surface area contributed by atoms with Gasteiger partial charge in [-0.05, 0) is 13.8 Å². The average Bonchev–Trinajstić information content (AvgIpc) is 3.32. The number of allylic oxidation sites excluding steroid dienone is 2. The summed E-state index contributed by atoms with van der Waals surface area (Å²) in [6, 6.07) is 35.8. The van der Waals surface area contributed by atoms with Crippen molar-refractivity contribution in [3.63, 3.8) is 0 Å². The zero-order chi connectivity index (χ0) is 27.3. The van der Waals surface area contributed by atoms with E-state index in [2.05, 4.69) is 106 Å². The third kappa shape index (κ3) is 8.21. The number of carbonyl (C=O) groups excluding carboxylic acids is 1. The van der Waals surface area contributed by atoms with Crippen molar-refractivity contribution in [1.29, 1.82) is 0 Å². The largest absolute Gasteiger partial charge is 0 e. The molecule has 0 amide bonds. The van der Waals surface area contributed by atoms with Crippen molar-refractivity contribution in [3.8, 4) is 32.4 Å². The minimum Gasteiger partial charge on any atom is 0 e. The zero-order valence-electron chi connectivity index (χ0n) is 22.8. The Kier molecular flexibility index (Phi) is 10.4. The molecule has 5 aromatic rings. The van der Waals surface area contributed by atoms with Crippen LogP contribution in [0.25, 0.3) is 42.2 Å². The summed E-state index contributed by atoms with van der Waals surface area (Å²) in [5.74, 6) is -0.0625. The third-order valence-electron chi connectivity index (χ3n) is 6.01. The van der Waals surface area contributed by atoms with Gasteiger partial charge in [0.25, 0.3) is 0 Å². The van der Waals surface area contributed by atoms with Crippen LogP contribution in [0, 0.1) is 6.07 Å². The number of carbonyl (C=O) groups is 1. The minimum absolute atomic E-state index is 0. The molecule has 5 rings (SSSR count). The van der Waals surface area contributed by atoms with E-state index in [4.69, 9.17) is 10.1 Å². The second kappa shape index (κ2) is 13.3. The first kappa shape index (κ1) is 30.5. The Hall–Kier alpha value is -3.07. The van der Waals surface area contributed by atoms with Crippen LogP contribution in [0.4, 0.5) is 0 Å². The first-order valence-corrected chi connectivity index (χ1v) is 14.3. The molecule has 0 aliphatic heterocycles. The molecule has 2 heterocycles. The van der Waals surface area contributed by atoms with Gasteiger partial charge in [-0.1, -0.05) is 0 Å². The smallest absolute Gasteiger partial charge is 0 e. The van der Waals surface area contributed by atoms with Gasteiger partial charge >= 0.3 is 190 Å². The number of fused-ring (bicyclic) bond motifs is 1. The molecule has 3 aromatic carbocycles. The number of aliphatic hydroxyl groups is 1. The topological polar surface area (TPSA) is 50.2 Å². The van der Waals surface area contributed by atoms with Crippen LogP contribution in [-0.2, 0) is 30.3 Å². The van der Waals surface area contributed by atoms with E-state index in [-0.39, 0.29) is 37.1 Å². The molecule has 0 atom stereocenters. The number of ketones is 1. The van der Waals surface area contributed by atoms with Crippen LogP contribution < -0.4 is 0 Å². The summed E-state index contributed by atoms with van der Waals surface area (Å²) in [5, 5.41) is 8.36. The standard InChI is InChI=1S/C29H24NSe.C5H8O2.Ir/c1-29(2,3)24-14-12-21(13-15-24)28-19-26-27(31-28)17-16-25(30-26)23-11-7-10-22(18-23)20-8-5-4-6-9-20;1-4(6)3-5(2)7;/h4-10,12-19H,1-3H3;3,6H,1-2H3;/q-1;;/b;4-3-;. The molecular formula is C34H32IrNO2Se-. The molecule has 0 aliphatic rings. The number of benzene rings is 3. The number of hydrogen-bond donors (Lipinski definition) is 1. The number of hydrogen-bond acceptors (Lipinski definition) is 3. The van der Waals surface area contributed by atoms with Crippen LogP contribution in [0.15, 0.2) is 103 Å². The predicted molar refractivity (Wildman–Crippen MR) is 160 cm³/mol. The molecule has 2 aromatic heterocycles. The number of rotatable bonds is 4. The van der Waals surface area contributed by atoms with Gasteiger partial charge in [0, 0.05) is 26.2 Å². The van der Waals surface area contributed by atoms with Crippen molar-refractivity contribution >= 4 is 30.1 Å². The summed E-state index contributed by atoms with van der Waals surface area (Å²) < 4.78 is 2.75. The number of nitrogens with zero attached hydrogens (tertiary/aromatic N) is 1. The molecule has 0 aliphatic carbocycles. The Bertz CT molecular complexity index is 1580. The van der Waals surface area contributed by atoms with E-state index in [9.17, 15) is 4.79 Å². The van der Waals surface area contributed by atoms with Crippen molar-refractivity contribution in [2.75, 3.05) is 0 Å². The van der Waals surface area contributed by atoms with Gasteiger partial charge in [0.05, 0.1) is 5.76 Å². The number of aliphatic hydroxyl groups excluding tert-OH is 1. The number of aromatic nitrogens is 1. The molecule has 1 N–H and O–H groups in total. The predicted octanol–water partition coefficient (Wildman–Crippen LogP) is 8.43. The second-order valence-corrected chi connectivity index (χ2v) is 12.5. The Morgan fingerprint density at radius 3 is 2.15 bits per heavy atom. The number of pyridine rings is 1. The van der Waals surface area contributed by atoms with Crippen molar-refractivity contribution < 1.29 is 30.0 Å². The van der Waals surface area contributed by atoms with Gasteiger partial charge in [0.15, 0.2) is 5.78 Å². The maximum absolute atomic E-state index is 10.0. The van der Waals surface area contributed by atoms with Gasteiger partial charge in [0.2, 0.25) is 0 Å². The van der Waals surface area contributed by atoms with E-state index in [0.717, 1.165) is 16.8 Å². The molecule has 1 radical (unpaired) electrons. The molecule has 0 bridgehead atoms. The monoisotopic (exact) mass is 759 g/mol. The molecule has 0 unspecified atom stereocenters. The summed E-state index contributed by atoms with van der Waals surface area (Å²) in [6.45, 7) is 9.62. The first-order valence-electron chi connectivity index (χ1n) is 12.6. The van der Waals surface area contributed by atoms with Crippen molar-refractivity contribution in [2.45, 2.75) is 40.0 Å². The van der Waals surface area contributed by atoms with Gasteiger partial charge < -0.3 is 5.11 Å². The van der Waals surface area contributed by atoms with Crippen LogP contribution in [-0.4, -0.2) is 30.4 Å². The minimum atomic E-state index is -0.125. The summed E-state index contributed by atoms with van der Waals surface area (Å²) >= 11 is 0.291. The van der Waals surface area contributed by atoms with Gasteiger partial charge in [-0.25, -0.2) is 0 Å². The van der Waals surface area contributed by atoms with Gasteiger partial charge in [-0.2, -0.15) is 0 Å². The van der Waals surface area contributed by atoms with Crippen LogP contribution in [0.1, 0.15) is 40.2 Å². The van der Waals surface area contributed by atoms with Crippen LogP contribution in [0.3, 0.4) is 0 Å². The van der Waals surface area contributed by atoms with E-state index < -0.39 is 0 Å². The molecule has 0 saturated carbocycles. The van der Waals surface area contributed by atoms with Gasteiger partial charge in [-0.3, -0.25) is 4.79 Å². The molecule has 201 valence electrons. The van der Waals surface area contributed by atoms with E-state index in [1.54, 1.807) is 0 Å². The third-order valence-corrected chi connectivity index (χ3v) is 8.39. The zero-order valence-corrected chi connectivity index (χ0v) is 26.9. The molecule has 3 nitrogen and oxygen atoms in total. The van der Waals surface area contributed by atoms with Gasteiger partial charge in [-0.15, -0.1) is 0 Å². The van der Waals surface area contributed by atoms with Crippen molar-refractivity contribution in [3.05, 3.63) is 114 Å². The van der Waals surface area contributed by atoms with E-state index in [0.29, 0.717) is 14.5 Å². The van der Waals surface area contributed by atoms with E-state index >= 15 is 0 Å². The normalized spacial score (nSPS) is 11.4. The van der Waals surface area contributed by atoms with Crippen LogP contribution in [0.2, 0.25) is 0 Å². The van der Waals surface area contributed by atoms with Crippen LogP contribution in [0.5, 0.6) is 0 Å². The van der Waals surface area contributed by atoms with E-state index in [1.165, 1.54) is 50.9 Å². The molecule has 39 heavy (non-hydrogen) atoms. The Labute approximate surface area is 250 Å². The quantitative estimate of drug-likeness (QED) is 0.0868. The summed E-state index contributed by atoms with van der Waals surface area (Å²) in [5.41, 5.74) is 8.38. The molecule has 0 spiro atoms. The maximum atomic E-state index is 10.0. The molecular weight excluding hydrogens is 726 g/mol. The summed E-state index contributed by atoms with van der Waals surface area (Å²) in [7, 11) is 0. The SMILES string of the molecule is CC(=O)/C=C(/C)O.CC(C)(C)c1ccc(-c2cc3nc(-c4[c-]ccc(-c5ccccc5)c4)ccc3[se]2)cc1.[Ir]. The molecule has 0 fully saturated rings. The average molecular weight is 758 g/mol. The second-order valence-electron chi connectivity index (χ2n) is 10.3. The first-order chi connectivity index (χ1) is 18.1. The molecule has 0 saturated heterocycles. The summed E-state index contributed by atoms with van der Waals surface area (Å²) in [4.78, 5) is 15.0. The fourth-order valence-electron chi connectivity index (χ4n) is 4.07. The Morgan fingerprint density at radius 2 is 1.56 bits per heavy atom. The van der Waals surface area contributed by atoms with Crippen molar-refractivity contribution in [1.82, 2.24) is 4.98 Å². The maximum Gasteiger partial charge on any atom is 0 e. The Balaban J connectivity index is 0.000000468. The summed E-state index contributed by atoms with van der Waals surface area (Å²) in [6.07, 6.45) is 1.17. The fourth-order valence-corrected chi connectivity index (χ4v) is 6.18.